The van der Waals surface area contributed by atoms with Crippen molar-refractivity contribution < 1.29 is 4.79 Å². The predicted octanol–water partition coefficient (Wildman–Crippen LogP) is 2.95. The van der Waals surface area contributed by atoms with Crippen molar-refractivity contribution in [2.24, 2.45) is 5.73 Å². The molecule has 0 aliphatic heterocycles. The van der Waals surface area contributed by atoms with Gasteiger partial charge in [-0.25, -0.2) is 0 Å². The third-order valence-electron chi connectivity index (χ3n) is 3.44. The van der Waals surface area contributed by atoms with Crippen LogP contribution in [0.5, 0.6) is 0 Å². The quantitative estimate of drug-likeness (QED) is 0.787. The van der Waals surface area contributed by atoms with Crippen LogP contribution >= 0.6 is 11.3 Å². The summed E-state index contributed by atoms with van der Waals surface area (Å²) in [6.07, 6.45) is 8.98. The van der Waals surface area contributed by atoms with Crippen molar-refractivity contribution in [1.29, 1.82) is 0 Å². The van der Waals surface area contributed by atoms with E-state index in [0.717, 1.165) is 5.00 Å². The lowest BCUT2D eigenvalue weighted by Gasteiger charge is -2.21. The van der Waals surface area contributed by atoms with Crippen LogP contribution in [0.2, 0.25) is 0 Å². The van der Waals surface area contributed by atoms with Gasteiger partial charge < -0.3 is 16.8 Å². The monoisotopic (exact) mass is 267 g/mol. The van der Waals surface area contributed by atoms with Crippen molar-refractivity contribution in [2.45, 2.75) is 51.0 Å². The maximum Gasteiger partial charge on any atom is 0.260 e. The first-order chi connectivity index (χ1) is 8.66. The van der Waals surface area contributed by atoms with E-state index in [2.05, 4.69) is 5.32 Å². The standard InChI is InChI=1S/C13H21N3OS/c14-10-8-11(18-12(10)13(15)17)16-9-6-4-2-1-3-5-7-9/h8-9,16H,1-7,14H2,(H2,15,17). The molecule has 4 nitrogen and oxygen atoms in total. The Bertz CT molecular complexity index is 408. The topological polar surface area (TPSA) is 81.1 Å². The maximum atomic E-state index is 11.2. The number of rotatable bonds is 3. The van der Waals surface area contributed by atoms with Gasteiger partial charge in [0.1, 0.15) is 4.88 Å². The molecular weight excluding hydrogens is 246 g/mol. The van der Waals surface area contributed by atoms with Crippen molar-refractivity contribution in [3.05, 3.63) is 10.9 Å². The Hall–Kier alpha value is -1.23. The lowest BCUT2D eigenvalue weighted by atomic mass is 9.97. The van der Waals surface area contributed by atoms with Crippen LogP contribution < -0.4 is 16.8 Å². The van der Waals surface area contributed by atoms with E-state index in [0.29, 0.717) is 16.6 Å². The average molecular weight is 267 g/mol. The molecule has 1 saturated carbocycles. The Morgan fingerprint density at radius 1 is 1.22 bits per heavy atom. The highest BCUT2D eigenvalue weighted by Crippen LogP contribution is 2.30. The predicted molar refractivity (Wildman–Crippen MR) is 77.0 cm³/mol. The van der Waals surface area contributed by atoms with Crippen LogP contribution in [-0.4, -0.2) is 11.9 Å². The zero-order chi connectivity index (χ0) is 13.0. The summed E-state index contributed by atoms with van der Waals surface area (Å²) in [6.45, 7) is 0. The van der Waals surface area contributed by atoms with Gasteiger partial charge in [0, 0.05) is 6.04 Å². The van der Waals surface area contributed by atoms with E-state index in [9.17, 15) is 4.79 Å². The molecule has 2 rings (SSSR count). The zero-order valence-electron chi connectivity index (χ0n) is 10.6. The van der Waals surface area contributed by atoms with Gasteiger partial charge in [0.2, 0.25) is 0 Å². The molecule has 0 spiro atoms. The van der Waals surface area contributed by atoms with Crippen molar-refractivity contribution in [1.82, 2.24) is 0 Å². The summed E-state index contributed by atoms with van der Waals surface area (Å²) < 4.78 is 0. The van der Waals surface area contributed by atoms with Crippen LogP contribution in [0.15, 0.2) is 6.07 Å². The lowest BCUT2D eigenvalue weighted by molar-refractivity contribution is 0.100. The third kappa shape index (κ3) is 3.38. The van der Waals surface area contributed by atoms with E-state index in [-0.39, 0.29) is 0 Å². The van der Waals surface area contributed by atoms with Crippen molar-refractivity contribution in [3.8, 4) is 0 Å². The smallest absolute Gasteiger partial charge is 0.260 e. The first kappa shape index (κ1) is 13.2. The van der Waals surface area contributed by atoms with E-state index in [1.54, 1.807) is 0 Å². The van der Waals surface area contributed by atoms with Crippen LogP contribution in [0.3, 0.4) is 0 Å². The molecule has 0 aromatic carbocycles. The number of thiophene rings is 1. The molecule has 0 radical (unpaired) electrons. The van der Waals surface area contributed by atoms with Crippen molar-refractivity contribution in [2.75, 3.05) is 11.1 Å². The van der Waals surface area contributed by atoms with Gasteiger partial charge in [0.25, 0.3) is 5.91 Å². The van der Waals surface area contributed by atoms with Crippen molar-refractivity contribution in [3.63, 3.8) is 0 Å². The number of nitrogens with one attached hydrogen (secondary N) is 1. The second-order valence-corrected chi connectivity index (χ2v) is 6.00. The van der Waals surface area contributed by atoms with Crippen LogP contribution in [0.1, 0.15) is 54.6 Å². The molecule has 5 N–H and O–H groups in total. The van der Waals surface area contributed by atoms with Crippen molar-refractivity contribution >= 4 is 27.9 Å². The molecule has 1 aliphatic rings. The molecule has 1 aliphatic carbocycles. The van der Waals surface area contributed by atoms with E-state index in [1.807, 2.05) is 6.07 Å². The summed E-state index contributed by atoms with van der Waals surface area (Å²) in [5, 5.41) is 4.46. The van der Waals surface area contributed by atoms with Crippen LogP contribution in [0.4, 0.5) is 10.7 Å². The Balaban J connectivity index is 1.99. The first-order valence-corrected chi connectivity index (χ1v) is 7.44. The largest absolute Gasteiger partial charge is 0.397 e. The number of hydrogen-bond acceptors (Lipinski definition) is 4. The number of primary amides is 1. The summed E-state index contributed by atoms with van der Waals surface area (Å²) in [5.41, 5.74) is 11.5. The van der Waals surface area contributed by atoms with Gasteiger partial charge in [0.05, 0.1) is 10.7 Å². The van der Waals surface area contributed by atoms with Gasteiger partial charge in [-0.2, -0.15) is 0 Å². The minimum atomic E-state index is -0.441. The maximum absolute atomic E-state index is 11.2. The molecule has 1 aromatic rings. The molecule has 0 atom stereocenters. The average Bonchev–Trinajstić information content (AvgIpc) is 2.63. The molecular formula is C13H21N3OS. The van der Waals surface area contributed by atoms with E-state index in [1.165, 1.54) is 56.3 Å². The van der Waals surface area contributed by atoms with Gasteiger partial charge in [-0.1, -0.05) is 32.1 Å². The number of nitrogen functional groups attached to an aromatic ring is 1. The third-order valence-corrected chi connectivity index (χ3v) is 4.53. The highest BCUT2D eigenvalue weighted by atomic mass is 32.1. The number of amides is 1. The Kier molecular flexibility index (Phi) is 4.47. The Morgan fingerprint density at radius 2 is 1.83 bits per heavy atom. The number of carbonyl (C=O) groups is 1. The first-order valence-electron chi connectivity index (χ1n) is 6.62. The van der Waals surface area contributed by atoms with E-state index < -0.39 is 5.91 Å². The molecule has 1 aromatic heterocycles. The molecule has 5 heteroatoms. The highest BCUT2D eigenvalue weighted by molar-refractivity contribution is 7.18. The summed E-state index contributed by atoms with van der Waals surface area (Å²) in [5.74, 6) is -0.441. The van der Waals surface area contributed by atoms with E-state index >= 15 is 0 Å². The van der Waals surface area contributed by atoms with Gasteiger partial charge in [0.15, 0.2) is 0 Å². The fourth-order valence-electron chi connectivity index (χ4n) is 2.47. The Morgan fingerprint density at radius 3 is 2.39 bits per heavy atom. The Labute approximate surface area is 112 Å². The molecule has 0 unspecified atom stereocenters. The van der Waals surface area contributed by atoms with Gasteiger partial charge in [-0.05, 0) is 18.9 Å². The highest BCUT2D eigenvalue weighted by Gasteiger charge is 2.15. The second-order valence-electron chi connectivity index (χ2n) is 4.95. The van der Waals surface area contributed by atoms with Gasteiger partial charge in [-0.3, -0.25) is 4.79 Å². The van der Waals surface area contributed by atoms with E-state index in [4.69, 9.17) is 11.5 Å². The SMILES string of the molecule is NC(=O)c1sc(NC2CCCCCCC2)cc1N. The minimum absolute atomic E-state index is 0.441. The fourth-order valence-corrected chi connectivity index (χ4v) is 3.38. The normalized spacial score (nSPS) is 18.0. The lowest BCUT2D eigenvalue weighted by Crippen LogP contribution is -2.19. The van der Waals surface area contributed by atoms with Crippen LogP contribution in [0.25, 0.3) is 0 Å². The molecule has 1 amide bonds. The molecule has 1 heterocycles. The minimum Gasteiger partial charge on any atom is -0.397 e. The number of anilines is 2. The molecule has 100 valence electrons. The summed E-state index contributed by atoms with van der Waals surface area (Å²) in [7, 11) is 0. The van der Waals surface area contributed by atoms with Gasteiger partial charge in [-0.15, -0.1) is 11.3 Å². The summed E-state index contributed by atoms with van der Waals surface area (Å²) in [4.78, 5) is 11.6. The molecule has 18 heavy (non-hydrogen) atoms. The zero-order valence-corrected chi connectivity index (χ0v) is 11.4. The summed E-state index contributed by atoms with van der Waals surface area (Å²) >= 11 is 1.36. The van der Waals surface area contributed by atoms with Crippen LogP contribution in [-0.2, 0) is 0 Å². The summed E-state index contributed by atoms with van der Waals surface area (Å²) in [6, 6.07) is 2.33. The number of nitrogens with two attached hydrogens (primary N) is 2. The number of hydrogen-bond donors (Lipinski definition) is 3. The fraction of sp³-hybridized carbons (Fsp3) is 0.615. The van der Waals surface area contributed by atoms with Crippen LogP contribution in [0, 0.1) is 0 Å². The molecule has 0 bridgehead atoms. The second kappa shape index (κ2) is 6.09. The van der Waals surface area contributed by atoms with Gasteiger partial charge >= 0.3 is 0 Å². The molecule has 0 saturated heterocycles. The number of carbonyl (C=O) groups excluding carboxylic acids is 1. The molecule has 1 fully saturated rings.